The summed E-state index contributed by atoms with van der Waals surface area (Å²) in [6.45, 7) is 5.91. The smallest absolute Gasteiger partial charge is 0.337 e. The Bertz CT molecular complexity index is 579. The lowest BCUT2D eigenvalue weighted by molar-refractivity contribution is -0.135. The number of carbonyl (C=O) groups excluding carboxylic acids is 1. The van der Waals surface area contributed by atoms with Gasteiger partial charge >= 0.3 is 5.97 Å². The zero-order valence-electron chi connectivity index (χ0n) is 11.1. The fourth-order valence-electron chi connectivity index (χ4n) is 1.48. The highest BCUT2D eigenvalue weighted by molar-refractivity contribution is 5.91. The quantitative estimate of drug-likeness (QED) is 0.462. The lowest BCUT2D eigenvalue weighted by Gasteiger charge is -2.04. The molecule has 0 N–H and O–H groups in total. The summed E-state index contributed by atoms with van der Waals surface area (Å²) in [5, 5.41) is 0. The molecule has 0 aliphatic heterocycles. The van der Waals surface area contributed by atoms with Gasteiger partial charge in [-0.2, -0.15) is 0 Å². The topological polar surface area (TPSA) is 48.3 Å². The van der Waals surface area contributed by atoms with E-state index in [1.54, 1.807) is 35.0 Å². The number of hydrogen-bond donors (Lipinski definition) is 0. The summed E-state index contributed by atoms with van der Waals surface area (Å²) < 4.78 is 6.20. The monoisotopic (exact) mass is 259 g/mol. The van der Waals surface area contributed by atoms with Gasteiger partial charge in [0.15, 0.2) is 0 Å². The van der Waals surface area contributed by atoms with E-state index in [0.717, 1.165) is 5.57 Å². The lowest BCUT2D eigenvalue weighted by Crippen LogP contribution is -2.18. The van der Waals surface area contributed by atoms with Crippen LogP contribution >= 0.6 is 0 Å². The van der Waals surface area contributed by atoms with Crippen molar-refractivity contribution in [2.45, 2.75) is 13.5 Å². The van der Waals surface area contributed by atoms with Gasteiger partial charge in [-0.25, -0.2) is 4.79 Å². The number of allylic oxidation sites excluding steroid dienone is 3. The van der Waals surface area contributed by atoms with Crippen LogP contribution in [0.15, 0.2) is 65.1 Å². The van der Waals surface area contributed by atoms with Gasteiger partial charge in [0, 0.05) is 18.8 Å². The largest absolute Gasteiger partial charge is 0.465 e. The van der Waals surface area contributed by atoms with Gasteiger partial charge in [0.1, 0.15) is 0 Å². The second-order valence-electron chi connectivity index (χ2n) is 4.00. The van der Waals surface area contributed by atoms with Gasteiger partial charge in [-0.05, 0) is 19.1 Å². The molecule has 0 atom stereocenters. The van der Waals surface area contributed by atoms with Crippen molar-refractivity contribution < 1.29 is 9.53 Å². The van der Waals surface area contributed by atoms with Crippen LogP contribution in [0.4, 0.5) is 0 Å². The fourth-order valence-corrected chi connectivity index (χ4v) is 1.48. The summed E-state index contributed by atoms with van der Waals surface area (Å²) in [6, 6.07) is 5.01. The number of esters is 1. The Kier molecular flexibility index (Phi) is 5.54. The van der Waals surface area contributed by atoms with Crippen molar-refractivity contribution in [3.05, 3.63) is 70.7 Å². The zero-order chi connectivity index (χ0) is 14.3. The predicted molar refractivity (Wildman–Crippen MR) is 74.8 cm³/mol. The first-order chi connectivity index (χ1) is 9.08. The van der Waals surface area contributed by atoms with E-state index in [9.17, 15) is 9.59 Å². The number of hydrogen-bond acceptors (Lipinski definition) is 3. The summed E-state index contributed by atoms with van der Waals surface area (Å²) in [5.41, 5.74) is 1.26. The number of carbonyl (C=O) groups is 1. The molecule has 0 fully saturated rings. The molecule has 19 heavy (non-hydrogen) atoms. The van der Waals surface area contributed by atoms with Gasteiger partial charge < -0.3 is 9.30 Å². The molecule has 0 unspecified atom stereocenters. The van der Waals surface area contributed by atoms with E-state index < -0.39 is 5.97 Å². The molecule has 0 aliphatic rings. The molecular weight excluding hydrogens is 242 g/mol. The highest BCUT2D eigenvalue weighted by atomic mass is 16.5. The summed E-state index contributed by atoms with van der Waals surface area (Å²) >= 11 is 0. The van der Waals surface area contributed by atoms with Crippen molar-refractivity contribution in [2.24, 2.45) is 0 Å². The predicted octanol–water partition coefficient (Wildman–Crippen LogP) is 2.08. The van der Waals surface area contributed by atoms with Gasteiger partial charge in [0.25, 0.3) is 5.56 Å². The first kappa shape index (κ1) is 14.7. The standard InChI is InChI=1S/C15H17NO3/c1-4-13(15(18)19-3)9-8-12(2)11-16-10-6-5-7-14(16)17/h4-10H,1,11H2,2-3H3/b12-8+,13-9+. The number of pyridine rings is 1. The SMILES string of the molecule is C=C/C(=C\C=C(/C)Cn1ccccc1=O)C(=O)OC. The minimum absolute atomic E-state index is 0.0591. The van der Waals surface area contributed by atoms with Crippen molar-refractivity contribution in [3.8, 4) is 0 Å². The molecule has 1 heterocycles. The molecule has 0 saturated heterocycles. The molecule has 1 rings (SSSR count). The Morgan fingerprint density at radius 2 is 2.16 bits per heavy atom. The van der Waals surface area contributed by atoms with E-state index in [1.165, 1.54) is 19.3 Å². The molecule has 100 valence electrons. The molecule has 4 nitrogen and oxygen atoms in total. The Labute approximate surface area is 112 Å². The molecule has 0 aromatic carbocycles. The van der Waals surface area contributed by atoms with Crippen LogP contribution in [0, 0.1) is 0 Å². The van der Waals surface area contributed by atoms with E-state index in [0.29, 0.717) is 12.1 Å². The first-order valence-corrected chi connectivity index (χ1v) is 5.82. The summed E-state index contributed by atoms with van der Waals surface area (Å²) in [4.78, 5) is 22.9. The maximum Gasteiger partial charge on any atom is 0.337 e. The summed E-state index contributed by atoms with van der Waals surface area (Å²) in [5.74, 6) is -0.434. The molecular formula is C15H17NO3. The van der Waals surface area contributed by atoms with Crippen LogP contribution in [0.5, 0.6) is 0 Å². The maximum absolute atomic E-state index is 11.5. The fraction of sp³-hybridized carbons (Fsp3) is 0.200. The molecule has 0 spiro atoms. The molecule has 0 aliphatic carbocycles. The second-order valence-corrected chi connectivity index (χ2v) is 4.00. The molecule has 1 aromatic rings. The van der Waals surface area contributed by atoms with Crippen LogP contribution in [0.25, 0.3) is 0 Å². The van der Waals surface area contributed by atoms with Crippen LogP contribution in [0.1, 0.15) is 6.92 Å². The van der Waals surface area contributed by atoms with E-state index in [2.05, 4.69) is 11.3 Å². The minimum Gasteiger partial charge on any atom is -0.465 e. The van der Waals surface area contributed by atoms with E-state index >= 15 is 0 Å². The number of aromatic nitrogens is 1. The lowest BCUT2D eigenvalue weighted by atomic mass is 10.2. The van der Waals surface area contributed by atoms with Crippen molar-refractivity contribution in [3.63, 3.8) is 0 Å². The van der Waals surface area contributed by atoms with Gasteiger partial charge in [-0.1, -0.05) is 30.4 Å². The summed E-state index contributed by atoms with van der Waals surface area (Å²) in [6.07, 6.45) is 6.55. The van der Waals surface area contributed by atoms with Gasteiger partial charge in [0.05, 0.1) is 12.7 Å². The molecule has 0 saturated carbocycles. The summed E-state index contributed by atoms with van der Waals surface area (Å²) in [7, 11) is 1.32. The van der Waals surface area contributed by atoms with E-state index in [-0.39, 0.29) is 5.56 Å². The number of ether oxygens (including phenoxy) is 1. The third-order valence-electron chi connectivity index (χ3n) is 2.51. The molecule has 0 amide bonds. The second kappa shape index (κ2) is 7.16. The van der Waals surface area contributed by atoms with Gasteiger partial charge in [0.2, 0.25) is 0 Å². The molecule has 1 aromatic heterocycles. The minimum atomic E-state index is -0.434. The molecule has 4 heteroatoms. The average Bonchev–Trinajstić information content (AvgIpc) is 2.41. The van der Waals surface area contributed by atoms with Crippen LogP contribution in [0.2, 0.25) is 0 Å². The highest BCUT2D eigenvalue weighted by Crippen LogP contribution is 2.03. The number of methoxy groups -OCH3 is 1. The Hall–Kier alpha value is -2.36. The third-order valence-corrected chi connectivity index (χ3v) is 2.51. The van der Waals surface area contributed by atoms with Crippen molar-refractivity contribution in [1.82, 2.24) is 4.57 Å². The average molecular weight is 259 g/mol. The zero-order valence-corrected chi connectivity index (χ0v) is 11.1. The third kappa shape index (κ3) is 4.43. The Morgan fingerprint density at radius 3 is 2.74 bits per heavy atom. The molecule has 0 bridgehead atoms. The molecule has 0 radical (unpaired) electrons. The number of rotatable bonds is 5. The van der Waals surface area contributed by atoms with Crippen molar-refractivity contribution >= 4 is 5.97 Å². The van der Waals surface area contributed by atoms with Crippen LogP contribution in [-0.2, 0) is 16.1 Å². The Balaban J connectivity index is 2.86. The Morgan fingerprint density at radius 1 is 1.42 bits per heavy atom. The van der Waals surface area contributed by atoms with Crippen LogP contribution in [0.3, 0.4) is 0 Å². The van der Waals surface area contributed by atoms with E-state index in [1.807, 2.05) is 6.92 Å². The van der Waals surface area contributed by atoms with Gasteiger partial charge in [-0.15, -0.1) is 0 Å². The van der Waals surface area contributed by atoms with Crippen molar-refractivity contribution in [1.29, 1.82) is 0 Å². The normalized spacial score (nSPS) is 12.1. The van der Waals surface area contributed by atoms with Crippen LogP contribution < -0.4 is 5.56 Å². The van der Waals surface area contributed by atoms with Gasteiger partial charge in [-0.3, -0.25) is 4.79 Å². The number of nitrogens with zero attached hydrogens (tertiary/aromatic N) is 1. The maximum atomic E-state index is 11.5. The van der Waals surface area contributed by atoms with Crippen LogP contribution in [-0.4, -0.2) is 17.6 Å². The van der Waals surface area contributed by atoms with Crippen molar-refractivity contribution in [2.75, 3.05) is 7.11 Å². The first-order valence-electron chi connectivity index (χ1n) is 5.82. The van der Waals surface area contributed by atoms with E-state index in [4.69, 9.17) is 0 Å². The highest BCUT2D eigenvalue weighted by Gasteiger charge is 2.03.